The van der Waals surface area contributed by atoms with Crippen LogP contribution in [0.5, 0.6) is 0 Å². The van der Waals surface area contributed by atoms with Gasteiger partial charge in [0.2, 0.25) is 0 Å². The van der Waals surface area contributed by atoms with Gasteiger partial charge in [-0.1, -0.05) is 95.1 Å². The molecule has 0 aromatic heterocycles. The highest BCUT2D eigenvalue weighted by Crippen LogP contribution is 2.75. The van der Waals surface area contributed by atoms with Crippen LogP contribution in [0.3, 0.4) is 0 Å². The second-order valence-electron chi connectivity index (χ2n) is 16.3. The van der Waals surface area contributed by atoms with E-state index in [-0.39, 0.29) is 21.7 Å². The summed E-state index contributed by atoms with van der Waals surface area (Å²) in [5.74, 6) is 5.41. The van der Waals surface area contributed by atoms with Crippen LogP contribution in [0, 0.1) is 68.5 Å². The molecule has 0 aliphatic heterocycles. The summed E-state index contributed by atoms with van der Waals surface area (Å²) < 4.78 is 0. The van der Waals surface area contributed by atoms with E-state index < -0.39 is 0 Å². The molecule has 11 atom stereocenters. The zero-order valence-electron chi connectivity index (χ0n) is 26.2. The van der Waals surface area contributed by atoms with Gasteiger partial charge in [0.05, 0.1) is 0 Å². The monoisotopic (exact) mass is 496 g/mol. The van der Waals surface area contributed by atoms with E-state index in [1.165, 1.54) is 44.9 Å². The van der Waals surface area contributed by atoms with Crippen molar-refractivity contribution in [2.45, 2.75) is 134 Å². The third-order valence-electron chi connectivity index (χ3n) is 14.7. The van der Waals surface area contributed by atoms with E-state index in [1.807, 2.05) is 0 Å². The Kier molecular flexibility index (Phi) is 7.09. The first-order valence-electron chi connectivity index (χ1n) is 15.8. The molecule has 1 nitrogen and oxygen atoms in total. The Morgan fingerprint density at radius 2 is 1.50 bits per heavy atom. The Morgan fingerprint density at radius 3 is 2.11 bits per heavy atom. The molecule has 2 unspecified atom stereocenters. The first kappa shape index (κ1) is 28.4. The van der Waals surface area contributed by atoms with Crippen LogP contribution in [-0.4, -0.2) is 5.78 Å². The lowest BCUT2D eigenvalue weighted by atomic mass is 9.38. The van der Waals surface area contributed by atoms with Crippen LogP contribution < -0.4 is 0 Å². The highest BCUT2D eigenvalue weighted by Gasteiger charge is 2.68. The molecule has 0 spiro atoms. The third kappa shape index (κ3) is 3.70. The van der Waals surface area contributed by atoms with Crippen molar-refractivity contribution in [3.05, 3.63) is 11.6 Å². The fourth-order valence-electron chi connectivity index (χ4n) is 10.7. The van der Waals surface area contributed by atoms with Crippen LogP contribution in [0.4, 0.5) is 0 Å². The first-order chi connectivity index (χ1) is 16.5. The SMILES string of the molecule is CC[C@H](C)C(C)C[C@@H](C)C(C)(C)[C@H]1CC[C@@]2(C)C3=CC(=O)[C@]4(C)C[C@@H](C)[C@@H](C)C[C@]4(C)C3CC[C@]12C. The van der Waals surface area contributed by atoms with E-state index in [0.29, 0.717) is 34.9 Å². The van der Waals surface area contributed by atoms with Crippen LogP contribution >= 0.6 is 0 Å². The van der Waals surface area contributed by atoms with Gasteiger partial charge in [0.15, 0.2) is 5.78 Å². The summed E-state index contributed by atoms with van der Waals surface area (Å²) >= 11 is 0. The molecule has 3 fully saturated rings. The van der Waals surface area contributed by atoms with Crippen molar-refractivity contribution in [3.63, 3.8) is 0 Å². The Bertz CT molecular complexity index is 896. The number of ketones is 1. The van der Waals surface area contributed by atoms with Crippen LogP contribution in [0.15, 0.2) is 11.6 Å². The highest BCUT2D eigenvalue weighted by molar-refractivity contribution is 5.97. The van der Waals surface area contributed by atoms with Gasteiger partial charge in [-0.3, -0.25) is 4.79 Å². The number of carbonyl (C=O) groups is 1. The van der Waals surface area contributed by atoms with E-state index >= 15 is 0 Å². The zero-order valence-corrected chi connectivity index (χ0v) is 26.2. The molecule has 36 heavy (non-hydrogen) atoms. The van der Waals surface area contributed by atoms with Crippen molar-refractivity contribution >= 4 is 5.78 Å². The number of allylic oxidation sites excluding steroid dienone is 2. The number of hydrogen-bond donors (Lipinski definition) is 0. The molecular weight excluding hydrogens is 436 g/mol. The number of fused-ring (bicyclic) bond motifs is 5. The van der Waals surface area contributed by atoms with Crippen molar-refractivity contribution in [2.24, 2.45) is 68.5 Å². The van der Waals surface area contributed by atoms with E-state index in [2.05, 4.69) is 89.2 Å². The molecule has 3 saturated carbocycles. The maximum atomic E-state index is 14.0. The summed E-state index contributed by atoms with van der Waals surface area (Å²) in [4.78, 5) is 14.0. The summed E-state index contributed by atoms with van der Waals surface area (Å²) in [6.07, 6.45) is 12.3. The molecule has 0 aromatic carbocycles. The molecule has 0 bridgehead atoms. The molecule has 4 aliphatic rings. The summed E-state index contributed by atoms with van der Waals surface area (Å²) in [5, 5.41) is 0. The second-order valence-corrected chi connectivity index (χ2v) is 16.3. The smallest absolute Gasteiger partial charge is 0.162 e. The fourth-order valence-corrected chi connectivity index (χ4v) is 10.7. The van der Waals surface area contributed by atoms with E-state index in [9.17, 15) is 4.79 Å². The highest BCUT2D eigenvalue weighted by atomic mass is 16.1. The average molecular weight is 497 g/mol. The molecule has 4 rings (SSSR count). The van der Waals surface area contributed by atoms with E-state index in [4.69, 9.17) is 0 Å². The Balaban J connectivity index is 1.69. The predicted octanol–water partition coefficient (Wildman–Crippen LogP) is 10.1. The first-order valence-corrected chi connectivity index (χ1v) is 15.8. The molecule has 4 aliphatic carbocycles. The van der Waals surface area contributed by atoms with Crippen LogP contribution in [0.1, 0.15) is 134 Å². The Labute approximate surface area is 225 Å². The second kappa shape index (κ2) is 8.98. The van der Waals surface area contributed by atoms with E-state index in [1.54, 1.807) is 5.57 Å². The van der Waals surface area contributed by atoms with Gasteiger partial charge < -0.3 is 0 Å². The van der Waals surface area contributed by atoms with Gasteiger partial charge in [-0.15, -0.1) is 0 Å². The normalized spacial score (nSPS) is 47.3. The average Bonchev–Trinajstić information content (AvgIpc) is 3.08. The van der Waals surface area contributed by atoms with Gasteiger partial charge in [0.25, 0.3) is 0 Å². The molecule has 0 N–H and O–H groups in total. The number of hydrogen-bond acceptors (Lipinski definition) is 1. The van der Waals surface area contributed by atoms with Crippen molar-refractivity contribution in [2.75, 3.05) is 0 Å². The summed E-state index contributed by atoms with van der Waals surface area (Å²) in [5.41, 5.74) is 2.25. The molecule has 0 radical (unpaired) electrons. The topological polar surface area (TPSA) is 17.1 Å². The van der Waals surface area contributed by atoms with E-state index in [0.717, 1.165) is 24.2 Å². The summed E-state index contributed by atoms with van der Waals surface area (Å²) in [7, 11) is 0. The lowest BCUT2D eigenvalue weighted by molar-refractivity contribution is -0.152. The molecule has 0 aromatic rings. The van der Waals surface area contributed by atoms with Gasteiger partial charge in [0, 0.05) is 5.41 Å². The Hall–Kier alpha value is -0.590. The molecular formula is C35H60O. The lowest BCUT2D eigenvalue weighted by Gasteiger charge is -2.65. The van der Waals surface area contributed by atoms with Crippen molar-refractivity contribution < 1.29 is 4.79 Å². The minimum Gasteiger partial charge on any atom is -0.294 e. The fraction of sp³-hybridized carbons (Fsp3) is 0.914. The van der Waals surface area contributed by atoms with Gasteiger partial charge in [-0.05, 0) is 114 Å². The summed E-state index contributed by atoms with van der Waals surface area (Å²) in [6, 6.07) is 0. The Morgan fingerprint density at radius 1 is 0.889 bits per heavy atom. The molecule has 1 heteroatoms. The quantitative estimate of drug-likeness (QED) is 0.357. The van der Waals surface area contributed by atoms with Crippen LogP contribution in [0.2, 0.25) is 0 Å². The van der Waals surface area contributed by atoms with Crippen LogP contribution in [0.25, 0.3) is 0 Å². The van der Waals surface area contributed by atoms with Gasteiger partial charge in [0.1, 0.15) is 0 Å². The number of carbonyl (C=O) groups excluding carboxylic acids is 1. The standard InChI is InChI=1S/C35H60O/c1-13-22(2)23(3)18-26(6)31(7,8)29-15-17-32(9)28-19-30(36)35(12)21-25(5)24(4)20-34(35,11)27(28)14-16-33(29,32)10/h19,22-27,29H,13-18,20-21H2,1-12H3/t22-,23?,24-,25+,26+,27?,29+,32-,33+,34+,35-/m0/s1. The van der Waals surface area contributed by atoms with Crippen LogP contribution in [-0.2, 0) is 4.79 Å². The minimum absolute atomic E-state index is 0.108. The predicted molar refractivity (Wildman–Crippen MR) is 155 cm³/mol. The van der Waals surface area contributed by atoms with Gasteiger partial charge >= 0.3 is 0 Å². The molecule has 206 valence electrons. The zero-order chi connectivity index (χ0) is 27.1. The maximum Gasteiger partial charge on any atom is 0.162 e. The van der Waals surface area contributed by atoms with Gasteiger partial charge in [-0.25, -0.2) is 0 Å². The van der Waals surface area contributed by atoms with Crippen molar-refractivity contribution in [1.29, 1.82) is 0 Å². The third-order valence-corrected chi connectivity index (χ3v) is 14.7. The largest absolute Gasteiger partial charge is 0.294 e. The summed E-state index contributed by atoms with van der Waals surface area (Å²) in [6.45, 7) is 29.9. The molecule has 0 amide bonds. The molecule has 0 heterocycles. The minimum atomic E-state index is -0.185. The van der Waals surface area contributed by atoms with Crippen molar-refractivity contribution in [1.82, 2.24) is 0 Å². The molecule has 0 saturated heterocycles. The van der Waals surface area contributed by atoms with Gasteiger partial charge in [-0.2, -0.15) is 0 Å². The van der Waals surface area contributed by atoms with Crippen molar-refractivity contribution in [3.8, 4) is 0 Å². The number of rotatable bonds is 6. The maximum absolute atomic E-state index is 14.0. The lowest BCUT2D eigenvalue weighted by Crippen LogP contribution is -2.60.